The fourth-order valence-electron chi connectivity index (χ4n) is 3.20. The minimum atomic E-state index is -0.536. The third kappa shape index (κ3) is 3.00. The molecule has 0 bridgehead atoms. The number of nitrogens with zero attached hydrogens (tertiary/aromatic N) is 2. The molecule has 4 rings (SSSR count). The van der Waals surface area contributed by atoms with Gasteiger partial charge in [-0.15, -0.1) is 0 Å². The Morgan fingerprint density at radius 3 is 2.54 bits per heavy atom. The molecule has 0 unspecified atom stereocenters. The fraction of sp³-hybridized carbons (Fsp3) is 0.0952. The number of hydroxylamine groups is 1. The second-order valence-electron chi connectivity index (χ2n) is 6.14. The Morgan fingerprint density at radius 2 is 1.73 bits per heavy atom. The van der Waals surface area contributed by atoms with Gasteiger partial charge in [0.05, 0.1) is 11.4 Å². The van der Waals surface area contributed by atoms with Gasteiger partial charge in [0.25, 0.3) is 5.91 Å². The highest BCUT2D eigenvalue weighted by atomic mass is 16.5. The third-order valence-corrected chi connectivity index (χ3v) is 4.57. The first-order valence-corrected chi connectivity index (χ1v) is 8.41. The van der Waals surface area contributed by atoms with Crippen LogP contribution < -0.4 is 5.48 Å². The van der Waals surface area contributed by atoms with Crippen molar-refractivity contribution in [1.82, 2.24) is 10.5 Å². The summed E-state index contributed by atoms with van der Waals surface area (Å²) in [6, 6.07) is 17.2. The molecule has 2 heterocycles. The molecule has 1 aromatic heterocycles. The lowest BCUT2D eigenvalue weighted by Gasteiger charge is -2.17. The predicted molar refractivity (Wildman–Crippen MR) is 99.1 cm³/mol. The summed E-state index contributed by atoms with van der Waals surface area (Å²) in [5, 5.41) is 8.78. The van der Waals surface area contributed by atoms with Crippen molar-refractivity contribution in [3.63, 3.8) is 0 Å². The van der Waals surface area contributed by atoms with E-state index < -0.39 is 5.91 Å². The van der Waals surface area contributed by atoms with Crippen LogP contribution in [0.3, 0.4) is 0 Å². The Bertz CT molecular complexity index is 994. The molecule has 2 N–H and O–H groups in total. The Labute approximate surface area is 151 Å². The lowest BCUT2D eigenvalue weighted by Crippen LogP contribution is -2.18. The van der Waals surface area contributed by atoms with Crippen LogP contribution in [0.4, 0.5) is 5.69 Å². The second kappa shape index (κ2) is 6.90. The van der Waals surface area contributed by atoms with E-state index in [1.807, 2.05) is 42.6 Å². The van der Waals surface area contributed by atoms with Gasteiger partial charge in [0.2, 0.25) is 0 Å². The van der Waals surface area contributed by atoms with E-state index in [-0.39, 0.29) is 0 Å². The van der Waals surface area contributed by atoms with Crippen LogP contribution in [0.5, 0.6) is 0 Å². The van der Waals surface area contributed by atoms with Crippen LogP contribution in [-0.2, 0) is 12.8 Å². The number of hydrogen-bond donors (Lipinski definition) is 2. The summed E-state index contributed by atoms with van der Waals surface area (Å²) in [6.45, 7) is 0. The monoisotopic (exact) mass is 343 g/mol. The number of nitrogens with one attached hydrogen (secondary N) is 1. The molecule has 3 aromatic rings. The molecule has 128 valence electrons. The molecule has 1 aliphatic heterocycles. The van der Waals surface area contributed by atoms with Gasteiger partial charge in [-0.25, -0.2) is 10.5 Å². The van der Waals surface area contributed by atoms with Crippen LogP contribution in [0.15, 0.2) is 72.0 Å². The molecule has 5 heteroatoms. The fourth-order valence-corrected chi connectivity index (χ4v) is 3.20. The van der Waals surface area contributed by atoms with Crippen LogP contribution in [0.2, 0.25) is 0 Å². The maximum absolute atomic E-state index is 11.6. The maximum Gasteiger partial charge on any atom is 0.274 e. The van der Waals surface area contributed by atoms with Gasteiger partial charge in [-0.3, -0.25) is 15.0 Å². The summed E-state index contributed by atoms with van der Waals surface area (Å²) < 4.78 is 0. The van der Waals surface area contributed by atoms with Crippen molar-refractivity contribution in [2.24, 2.45) is 4.99 Å². The molecule has 0 saturated carbocycles. The van der Waals surface area contributed by atoms with E-state index in [0.29, 0.717) is 5.56 Å². The third-order valence-electron chi connectivity index (χ3n) is 4.57. The Hall–Kier alpha value is -3.31. The first-order valence-electron chi connectivity index (χ1n) is 8.41. The number of pyridine rings is 1. The second-order valence-corrected chi connectivity index (χ2v) is 6.14. The molecule has 0 saturated heterocycles. The van der Waals surface area contributed by atoms with E-state index >= 15 is 0 Å². The summed E-state index contributed by atoms with van der Waals surface area (Å²) in [5.74, 6) is -0.536. The van der Waals surface area contributed by atoms with E-state index in [9.17, 15) is 4.79 Å². The minimum absolute atomic E-state index is 0.387. The summed E-state index contributed by atoms with van der Waals surface area (Å²) in [4.78, 5) is 20.8. The number of carbonyl (C=O) groups excluding carboxylic acids is 1. The van der Waals surface area contributed by atoms with Crippen molar-refractivity contribution in [2.45, 2.75) is 12.8 Å². The highest BCUT2D eigenvalue weighted by Gasteiger charge is 2.17. The smallest absolute Gasteiger partial charge is 0.274 e. The number of amides is 1. The van der Waals surface area contributed by atoms with Gasteiger partial charge in [-0.2, -0.15) is 0 Å². The normalized spacial score (nSPS) is 12.9. The quantitative estimate of drug-likeness (QED) is 0.553. The zero-order chi connectivity index (χ0) is 17.9. The largest absolute Gasteiger partial charge is 0.288 e. The minimum Gasteiger partial charge on any atom is -0.288 e. The van der Waals surface area contributed by atoms with Crippen molar-refractivity contribution >= 4 is 17.3 Å². The number of fused-ring (bicyclic) bond motifs is 2. The molecule has 1 amide bonds. The zero-order valence-electron chi connectivity index (χ0n) is 14.0. The van der Waals surface area contributed by atoms with Gasteiger partial charge in [-0.05, 0) is 48.2 Å². The SMILES string of the molecule is O=C(NO)c1ccc(C2=Nc3ccccc3CCc3cnccc32)cc1. The van der Waals surface area contributed by atoms with Gasteiger partial charge >= 0.3 is 0 Å². The first kappa shape index (κ1) is 16.2. The molecule has 0 atom stereocenters. The van der Waals surface area contributed by atoms with Crippen LogP contribution in [0.25, 0.3) is 0 Å². The zero-order valence-corrected chi connectivity index (χ0v) is 14.0. The molecule has 26 heavy (non-hydrogen) atoms. The molecular weight excluding hydrogens is 326 g/mol. The Balaban J connectivity index is 1.87. The molecule has 2 aromatic carbocycles. The first-order chi connectivity index (χ1) is 12.8. The van der Waals surface area contributed by atoms with Crippen molar-refractivity contribution in [3.8, 4) is 0 Å². The average molecular weight is 343 g/mol. The highest BCUT2D eigenvalue weighted by molar-refractivity contribution is 6.15. The number of carbonyl (C=O) groups is 1. The lowest BCUT2D eigenvalue weighted by molar-refractivity contribution is 0.0706. The lowest BCUT2D eigenvalue weighted by atomic mass is 9.92. The number of benzene rings is 2. The Morgan fingerprint density at radius 1 is 0.962 bits per heavy atom. The van der Waals surface area contributed by atoms with Gasteiger partial charge < -0.3 is 0 Å². The van der Waals surface area contributed by atoms with Crippen molar-refractivity contribution in [1.29, 1.82) is 0 Å². The van der Waals surface area contributed by atoms with Crippen LogP contribution in [0, 0.1) is 0 Å². The standard InChI is InChI=1S/C21H17N3O2/c25-21(24-26)16-8-6-15(7-9-16)20-18-11-12-22-13-17(18)10-5-14-3-1-2-4-19(14)23-20/h1-4,6-9,11-13,26H,5,10H2,(H,24,25). The number of rotatable bonds is 2. The summed E-state index contributed by atoms with van der Waals surface area (Å²) in [5.41, 5.74) is 8.16. The maximum atomic E-state index is 11.6. The number of aliphatic imine (C=N–C) groups is 1. The van der Waals surface area contributed by atoms with E-state index in [0.717, 1.165) is 40.9 Å². The Kier molecular flexibility index (Phi) is 4.29. The summed E-state index contributed by atoms with van der Waals surface area (Å²) >= 11 is 0. The van der Waals surface area contributed by atoms with Gasteiger partial charge in [0.1, 0.15) is 0 Å². The molecule has 1 aliphatic rings. The number of hydrogen-bond acceptors (Lipinski definition) is 4. The van der Waals surface area contributed by atoms with Crippen LogP contribution in [-0.4, -0.2) is 21.8 Å². The topological polar surface area (TPSA) is 74.6 Å². The van der Waals surface area contributed by atoms with Gasteiger partial charge in [0.15, 0.2) is 0 Å². The van der Waals surface area contributed by atoms with E-state index in [4.69, 9.17) is 10.2 Å². The van der Waals surface area contributed by atoms with Crippen molar-refractivity contribution in [3.05, 3.63) is 94.8 Å². The van der Waals surface area contributed by atoms with Gasteiger partial charge in [-0.1, -0.05) is 30.3 Å². The van der Waals surface area contributed by atoms with Crippen molar-refractivity contribution < 1.29 is 10.0 Å². The molecule has 0 radical (unpaired) electrons. The van der Waals surface area contributed by atoms with Crippen LogP contribution in [0.1, 0.15) is 32.6 Å². The molecule has 0 fully saturated rings. The predicted octanol–water partition coefficient (Wildman–Crippen LogP) is 3.47. The van der Waals surface area contributed by atoms with E-state index in [1.54, 1.807) is 23.8 Å². The molecule has 5 nitrogen and oxygen atoms in total. The number of aromatic nitrogens is 1. The summed E-state index contributed by atoms with van der Waals surface area (Å²) in [6.07, 6.45) is 5.48. The molecule has 0 aliphatic carbocycles. The van der Waals surface area contributed by atoms with Crippen molar-refractivity contribution in [2.75, 3.05) is 0 Å². The summed E-state index contributed by atoms with van der Waals surface area (Å²) in [7, 11) is 0. The molecular formula is C21H17N3O2. The number of aryl methyl sites for hydroxylation is 2. The van der Waals surface area contributed by atoms with Gasteiger partial charge in [0, 0.05) is 29.1 Å². The molecule has 0 spiro atoms. The van der Waals surface area contributed by atoms with E-state index in [1.165, 1.54) is 5.56 Å². The number of para-hydroxylation sites is 1. The highest BCUT2D eigenvalue weighted by Crippen LogP contribution is 2.28. The van der Waals surface area contributed by atoms with Crippen LogP contribution >= 0.6 is 0 Å². The van der Waals surface area contributed by atoms with E-state index in [2.05, 4.69) is 11.1 Å². The average Bonchev–Trinajstić information content (AvgIpc) is 2.69.